The van der Waals surface area contributed by atoms with Gasteiger partial charge in [0.25, 0.3) is 0 Å². The Morgan fingerprint density at radius 2 is 2.15 bits per heavy atom. The van der Waals surface area contributed by atoms with Crippen LogP contribution in [0, 0.1) is 5.92 Å². The number of aromatic nitrogens is 1. The van der Waals surface area contributed by atoms with Crippen LogP contribution < -0.4 is 10.2 Å². The van der Waals surface area contributed by atoms with E-state index in [0.717, 1.165) is 35.8 Å². The van der Waals surface area contributed by atoms with Crippen LogP contribution in [0.5, 0.6) is 0 Å². The van der Waals surface area contributed by atoms with Crippen LogP contribution in [-0.4, -0.2) is 30.7 Å². The molecular weight excluding hydrogens is 314 g/mol. The van der Waals surface area contributed by atoms with E-state index in [-0.39, 0.29) is 0 Å². The van der Waals surface area contributed by atoms with Gasteiger partial charge in [-0.3, -0.25) is 0 Å². The second-order valence-electron chi connectivity index (χ2n) is 5.79. The molecule has 0 spiro atoms. The normalized spacial score (nSPS) is 25.9. The Morgan fingerprint density at radius 3 is 3.10 bits per heavy atom. The molecule has 2 aliphatic heterocycles. The lowest BCUT2D eigenvalue weighted by atomic mass is 9.91. The average molecular weight is 332 g/mol. The molecule has 2 atom stereocenters. The summed E-state index contributed by atoms with van der Waals surface area (Å²) in [5, 5.41) is 6.06. The number of hydrogen-bond acceptors (Lipinski definition) is 3. The van der Waals surface area contributed by atoms with E-state index in [1.54, 1.807) is 0 Å². The van der Waals surface area contributed by atoms with E-state index in [2.05, 4.69) is 50.4 Å². The Bertz CT molecular complexity index is 643. The van der Waals surface area contributed by atoms with Gasteiger partial charge in [-0.1, -0.05) is 28.1 Å². The summed E-state index contributed by atoms with van der Waals surface area (Å²) >= 11 is 3.65. The van der Waals surface area contributed by atoms with E-state index >= 15 is 0 Å². The lowest BCUT2D eigenvalue weighted by Gasteiger charge is -2.38. The number of nitrogens with zero attached hydrogens (tertiary/aromatic N) is 2. The Balaban J connectivity index is 1.83. The number of piperidine rings is 1. The van der Waals surface area contributed by atoms with Crippen LogP contribution in [0.3, 0.4) is 0 Å². The van der Waals surface area contributed by atoms with Gasteiger partial charge in [-0.15, -0.1) is 0 Å². The van der Waals surface area contributed by atoms with Crippen LogP contribution in [0.1, 0.15) is 12.8 Å². The zero-order chi connectivity index (χ0) is 13.5. The van der Waals surface area contributed by atoms with Crippen molar-refractivity contribution in [3.63, 3.8) is 0 Å². The number of pyridine rings is 1. The number of anilines is 1. The number of fused-ring (bicyclic) bond motifs is 2. The topological polar surface area (TPSA) is 28.2 Å². The molecule has 2 saturated heterocycles. The van der Waals surface area contributed by atoms with Gasteiger partial charge in [0.2, 0.25) is 0 Å². The molecule has 4 heteroatoms. The predicted octanol–water partition coefficient (Wildman–Crippen LogP) is 3.19. The highest BCUT2D eigenvalue weighted by Crippen LogP contribution is 2.35. The van der Waals surface area contributed by atoms with Crippen molar-refractivity contribution in [2.45, 2.75) is 18.9 Å². The molecule has 0 amide bonds. The van der Waals surface area contributed by atoms with Crippen molar-refractivity contribution in [3.8, 4) is 0 Å². The highest BCUT2D eigenvalue weighted by molar-refractivity contribution is 9.10. The van der Waals surface area contributed by atoms with Gasteiger partial charge in [0.15, 0.2) is 0 Å². The summed E-state index contributed by atoms with van der Waals surface area (Å²) in [6.45, 7) is 3.38. The van der Waals surface area contributed by atoms with Gasteiger partial charge in [0.1, 0.15) is 5.82 Å². The van der Waals surface area contributed by atoms with Crippen LogP contribution in [0.25, 0.3) is 10.8 Å². The Morgan fingerprint density at radius 1 is 1.20 bits per heavy atom. The third kappa shape index (κ3) is 1.93. The van der Waals surface area contributed by atoms with Crippen molar-refractivity contribution < 1.29 is 0 Å². The summed E-state index contributed by atoms with van der Waals surface area (Å²) < 4.78 is 1.15. The van der Waals surface area contributed by atoms with E-state index in [1.165, 1.54) is 23.6 Å². The Kier molecular flexibility index (Phi) is 3.15. The second-order valence-corrected chi connectivity index (χ2v) is 6.65. The highest BCUT2D eigenvalue weighted by Gasteiger charge is 2.36. The molecule has 3 heterocycles. The van der Waals surface area contributed by atoms with E-state index in [4.69, 9.17) is 4.98 Å². The van der Waals surface area contributed by atoms with E-state index in [1.807, 2.05) is 6.20 Å². The van der Waals surface area contributed by atoms with Crippen LogP contribution in [0.15, 0.2) is 34.9 Å². The fraction of sp³-hybridized carbons (Fsp3) is 0.438. The zero-order valence-corrected chi connectivity index (χ0v) is 12.9. The number of nitrogens with one attached hydrogen (secondary N) is 1. The molecule has 1 aromatic heterocycles. The number of rotatable bonds is 1. The van der Waals surface area contributed by atoms with Crippen molar-refractivity contribution in [2.75, 3.05) is 24.5 Å². The molecule has 2 aliphatic rings. The number of benzene rings is 1. The van der Waals surface area contributed by atoms with Crippen molar-refractivity contribution in [3.05, 3.63) is 34.9 Å². The minimum absolute atomic E-state index is 0.612. The molecular formula is C16H18BrN3. The molecule has 0 radical (unpaired) electrons. The summed E-state index contributed by atoms with van der Waals surface area (Å²) in [6, 6.07) is 9.10. The van der Waals surface area contributed by atoms with Crippen LogP contribution in [0.2, 0.25) is 0 Å². The van der Waals surface area contributed by atoms with Gasteiger partial charge < -0.3 is 10.2 Å². The van der Waals surface area contributed by atoms with Crippen molar-refractivity contribution in [1.29, 1.82) is 0 Å². The zero-order valence-electron chi connectivity index (χ0n) is 11.3. The number of halogens is 1. The van der Waals surface area contributed by atoms with E-state index in [9.17, 15) is 0 Å². The monoisotopic (exact) mass is 331 g/mol. The first-order valence-corrected chi connectivity index (χ1v) is 8.14. The van der Waals surface area contributed by atoms with Gasteiger partial charge in [0.05, 0.1) is 0 Å². The standard InChI is InChI=1S/C16H18BrN3/c17-14-5-1-4-13-12(14)6-7-19-16(13)20-8-2-3-11-9-18-10-15(11)20/h1,4-7,11,15,18H,2-3,8-10H2. The van der Waals surface area contributed by atoms with Crippen LogP contribution in [0.4, 0.5) is 5.82 Å². The molecule has 2 fully saturated rings. The second kappa shape index (κ2) is 5.01. The van der Waals surface area contributed by atoms with Crippen molar-refractivity contribution in [1.82, 2.24) is 10.3 Å². The molecule has 0 aliphatic carbocycles. The molecule has 1 N–H and O–H groups in total. The molecule has 2 unspecified atom stereocenters. The maximum Gasteiger partial charge on any atom is 0.136 e. The van der Waals surface area contributed by atoms with E-state index in [0.29, 0.717) is 6.04 Å². The van der Waals surface area contributed by atoms with Crippen molar-refractivity contribution >= 4 is 32.5 Å². The number of hydrogen-bond donors (Lipinski definition) is 1. The van der Waals surface area contributed by atoms with Crippen molar-refractivity contribution in [2.24, 2.45) is 5.92 Å². The quantitative estimate of drug-likeness (QED) is 0.869. The summed E-state index contributed by atoms with van der Waals surface area (Å²) in [5.74, 6) is 1.94. The summed E-state index contributed by atoms with van der Waals surface area (Å²) in [6.07, 6.45) is 4.56. The first-order valence-electron chi connectivity index (χ1n) is 7.35. The van der Waals surface area contributed by atoms with Gasteiger partial charge in [-0.05, 0) is 30.9 Å². The maximum atomic E-state index is 4.71. The first-order chi connectivity index (χ1) is 9.84. The predicted molar refractivity (Wildman–Crippen MR) is 86.2 cm³/mol. The minimum Gasteiger partial charge on any atom is -0.352 e. The van der Waals surface area contributed by atoms with Gasteiger partial charge >= 0.3 is 0 Å². The van der Waals surface area contributed by atoms with Gasteiger partial charge in [-0.25, -0.2) is 4.98 Å². The van der Waals surface area contributed by atoms with Crippen LogP contribution >= 0.6 is 15.9 Å². The molecule has 20 heavy (non-hydrogen) atoms. The lowest BCUT2D eigenvalue weighted by molar-refractivity contribution is 0.384. The molecule has 0 bridgehead atoms. The lowest BCUT2D eigenvalue weighted by Crippen LogP contribution is -2.45. The van der Waals surface area contributed by atoms with Crippen LogP contribution in [-0.2, 0) is 0 Å². The first kappa shape index (κ1) is 12.6. The third-order valence-corrected chi connectivity index (χ3v) is 5.37. The molecule has 3 nitrogen and oxygen atoms in total. The largest absolute Gasteiger partial charge is 0.352 e. The van der Waals surface area contributed by atoms with Gasteiger partial charge in [0, 0.05) is 47.1 Å². The smallest absolute Gasteiger partial charge is 0.136 e. The third-order valence-electron chi connectivity index (χ3n) is 4.68. The maximum absolute atomic E-state index is 4.71. The molecule has 104 valence electrons. The summed E-state index contributed by atoms with van der Waals surface area (Å²) in [7, 11) is 0. The molecule has 2 aromatic rings. The summed E-state index contributed by atoms with van der Waals surface area (Å²) in [4.78, 5) is 7.24. The fourth-order valence-corrected chi connectivity index (χ4v) is 4.21. The molecule has 0 saturated carbocycles. The van der Waals surface area contributed by atoms with Gasteiger partial charge in [-0.2, -0.15) is 0 Å². The minimum atomic E-state index is 0.612. The fourth-order valence-electron chi connectivity index (χ4n) is 3.71. The summed E-state index contributed by atoms with van der Waals surface area (Å²) in [5.41, 5.74) is 0. The highest BCUT2D eigenvalue weighted by atomic mass is 79.9. The van der Waals surface area contributed by atoms with E-state index < -0.39 is 0 Å². The Labute approximate surface area is 127 Å². The average Bonchev–Trinajstić information content (AvgIpc) is 2.96. The molecule has 4 rings (SSSR count). The Hall–Kier alpha value is -1.13. The molecule has 1 aromatic carbocycles. The SMILES string of the molecule is Brc1cccc2c(N3CCCC4CNCC43)nccc12.